The summed E-state index contributed by atoms with van der Waals surface area (Å²) in [5.74, 6) is -1.41. The molecule has 0 unspecified atom stereocenters. The van der Waals surface area contributed by atoms with Crippen molar-refractivity contribution in [3.63, 3.8) is 0 Å². The molecular weight excluding hydrogens is 357 g/mol. The van der Waals surface area contributed by atoms with Gasteiger partial charge in [-0.25, -0.2) is 4.79 Å². The minimum atomic E-state index is -4.61. The minimum Gasteiger partial charge on any atom is -0.478 e. The zero-order chi connectivity index (χ0) is 19.2. The number of hydrogen-bond acceptors (Lipinski definition) is 2. The van der Waals surface area contributed by atoms with Crippen molar-refractivity contribution in [3.05, 3.63) is 77.6 Å². The fraction of sp³-hybridized carbons (Fsp3) is 0.100. The molecule has 0 atom stereocenters. The Kier molecular flexibility index (Phi) is 3.87. The molecule has 0 spiro atoms. The molecule has 7 heteroatoms. The van der Waals surface area contributed by atoms with Crippen molar-refractivity contribution in [1.82, 2.24) is 9.55 Å². The summed E-state index contributed by atoms with van der Waals surface area (Å²) in [7, 11) is 0. The van der Waals surface area contributed by atoms with Gasteiger partial charge in [0.15, 0.2) is 0 Å². The van der Waals surface area contributed by atoms with Gasteiger partial charge in [-0.3, -0.25) is 4.98 Å². The normalized spacial score (nSPS) is 12.0. The highest BCUT2D eigenvalue weighted by molar-refractivity contribution is 6.03. The fourth-order valence-corrected chi connectivity index (χ4v) is 3.18. The van der Waals surface area contributed by atoms with Crippen LogP contribution in [0.3, 0.4) is 0 Å². The summed E-state index contributed by atoms with van der Waals surface area (Å²) in [6, 6.07) is 14.4. The first kappa shape index (κ1) is 17.1. The number of aromatic carboxylic acids is 1. The number of halogens is 3. The van der Waals surface area contributed by atoms with Crippen molar-refractivity contribution in [2.75, 3.05) is 0 Å². The molecule has 0 bridgehead atoms. The van der Waals surface area contributed by atoms with Crippen LogP contribution in [0.1, 0.15) is 21.6 Å². The number of carbonyl (C=O) groups is 1. The van der Waals surface area contributed by atoms with Gasteiger partial charge in [0.1, 0.15) is 0 Å². The van der Waals surface area contributed by atoms with Crippen molar-refractivity contribution in [2.45, 2.75) is 12.7 Å². The average Bonchev–Trinajstić information content (AvgIpc) is 3.03. The molecule has 0 saturated carbocycles. The minimum absolute atomic E-state index is 0.225. The van der Waals surface area contributed by atoms with E-state index in [0.29, 0.717) is 11.8 Å². The van der Waals surface area contributed by atoms with Gasteiger partial charge in [0.05, 0.1) is 34.4 Å². The number of rotatable bonds is 3. The van der Waals surface area contributed by atoms with E-state index < -0.39 is 17.7 Å². The van der Waals surface area contributed by atoms with E-state index in [-0.39, 0.29) is 23.0 Å². The van der Waals surface area contributed by atoms with Gasteiger partial charge in [0.25, 0.3) is 0 Å². The lowest BCUT2D eigenvalue weighted by atomic mass is 10.1. The Morgan fingerprint density at radius 2 is 1.81 bits per heavy atom. The molecule has 136 valence electrons. The van der Waals surface area contributed by atoms with E-state index in [1.54, 1.807) is 10.8 Å². The van der Waals surface area contributed by atoms with Crippen LogP contribution in [0.15, 0.2) is 60.8 Å². The second kappa shape index (κ2) is 6.12. The first-order chi connectivity index (χ1) is 12.8. The quantitative estimate of drug-likeness (QED) is 0.555. The highest BCUT2D eigenvalue weighted by atomic mass is 19.4. The van der Waals surface area contributed by atoms with Crippen LogP contribution < -0.4 is 0 Å². The van der Waals surface area contributed by atoms with Crippen LogP contribution in [-0.2, 0) is 12.7 Å². The monoisotopic (exact) mass is 370 g/mol. The molecule has 0 fully saturated rings. The molecule has 2 heterocycles. The molecule has 2 aromatic carbocycles. The number of benzene rings is 2. The van der Waals surface area contributed by atoms with Gasteiger partial charge in [-0.15, -0.1) is 0 Å². The Hall–Kier alpha value is -3.35. The molecule has 0 saturated heterocycles. The molecule has 0 aliphatic carbocycles. The maximum atomic E-state index is 13.1. The van der Waals surface area contributed by atoms with Crippen molar-refractivity contribution in [2.24, 2.45) is 0 Å². The fourth-order valence-electron chi connectivity index (χ4n) is 3.18. The topological polar surface area (TPSA) is 55.1 Å². The van der Waals surface area contributed by atoms with Crippen molar-refractivity contribution >= 4 is 27.8 Å². The number of carboxylic acid groups (broad SMARTS) is 1. The van der Waals surface area contributed by atoms with Crippen molar-refractivity contribution in [3.8, 4) is 0 Å². The predicted molar refractivity (Wildman–Crippen MR) is 94.7 cm³/mol. The third-order valence-electron chi connectivity index (χ3n) is 4.41. The van der Waals surface area contributed by atoms with Gasteiger partial charge in [0, 0.05) is 17.0 Å². The van der Waals surface area contributed by atoms with Crippen LogP contribution in [0.2, 0.25) is 0 Å². The van der Waals surface area contributed by atoms with Crippen LogP contribution in [0.4, 0.5) is 13.2 Å². The number of aromatic nitrogens is 2. The maximum absolute atomic E-state index is 13.1. The van der Waals surface area contributed by atoms with Crippen LogP contribution in [-0.4, -0.2) is 20.6 Å². The smallest absolute Gasteiger partial charge is 0.416 e. The average molecular weight is 370 g/mol. The summed E-state index contributed by atoms with van der Waals surface area (Å²) < 4.78 is 40.8. The van der Waals surface area contributed by atoms with Crippen LogP contribution in [0, 0.1) is 0 Å². The van der Waals surface area contributed by atoms with E-state index in [9.17, 15) is 23.1 Å². The lowest BCUT2D eigenvalue weighted by molar-refractivity contribution is -0.137. The Morgan fingerprint density at radius 3 is 2.56 bits per heavy atom. The van der Waals surface area contributed by atoms with E-state index in [1.807, 2.05) is 36.4 Å². The molecule has 0 radical (unpaired) electrons. The summed E-state index contributed by atoms with van der Waals surface area (Å²) in [5.41, 5.74) is 0.358. The summed E-state index contributed by atoms with van der Waals surface area (Å²) in [6.07, 6.45) is -3.03. The van der Waals surface area contributed by atoms with Crippen molar-refractivity contribution < 1.29 is 23.1 Å². The molecule has 4 rings (SSSR count). The number of hydrogen-bond donors (Lipinski definition) is 1. The second-order valence-electron chi connectivity index (χ2n) is 6.20. The summed E-state index contributed by atoms with van der Waals surface area (Å²) in [4.78, 5) is 16.1. The lowest BCUT2D eigenvalue weighted by Crippen LogP contribution is -2.10. The van der Waals surface area contributed by atoms with Gasteiger partial charge in [-0.1, -0.05) is 24.3 Å². The highest BCUT2D eigenvalue weighted by Crippen LogP contribution is 2.34. The predicted octanol–water partition coefficient (Wildman–Crippen LogP) is 4.95. The molecule has 0 aliphatic rings. The van der Waals surface area contributed by atoms with Crippen LogP contribution >= 0.6 is 0 Å². The van der Waals surface area contributed by atoms with E-state index in [2.05, 4.69) is 4.98 Å². The van der Waals surface area contributed by atoms with Crippen LogP contribution in [0.25, 0.3) is 21.8 Å². The number of carboxylic acids is 1. The molecular formula is C20H13F3N2O2. The highest BCUT2D eigenvalue weighted by Gasteiger charge is 2.32. The number of alkyl halides is 3. The molecule has 4 nitrogen and oxygen atoms in total. The number of pyridine rings is 1. The molecule has 0 amide bonds. The Morgan fingerprint density at radius 1 is 1.04 bits per heavy atom. The number of para-hydroxylation sites is 1. The molecule has 4 aromatic rings. The Labute approximate surface area is 151 Å². The zero-order valence-corrected chi connectivity index (χ0v) is 13.9. The zero-order valence-electron chi connectivity index (χ0n) is 13.9. The Balaban J connectivity index is 1.83. The lowest BCUT2D eigenvalue weighted by Gasteiger charge is -2.12. The van der Waals surface area contributed by atoms with E-state index in [1.165, 1.54) is 6.07 Å². The SMILES string of the molecule is O=C(O)c1cc(C(F)(F)F)cc2ccn(Cc3ccc4ccccc4n3)c12. The number of fused-ring (bicyclic) bond motifs is 2. The van der Waals surface area contributed by atoms with E-state index >= 15 is 0 Å². The first-order valence-corrected chi connectivity index (χ1v) is 8.11. The summed E-state index contributed by atoms with van der Waals surface area (Å²) in [5, 5.41) is 10.6. The number of nitrogens with zero attached hydrogens (tertiary/aromatic N) is 2. The van der Waals surface area contributed by atoms with E-state index in [4.69, 9.17) is 0 Å². The standard InChI is InChI=1S/C20H13F3N2O2/c21-20(22,23)14-9-13-7-8-25(18(13)16(10-14)19(26)27)11-15-6-5-12-3-1-2-4-17(12)24-15/h1-10H,11H2,(H,26,27). The van der Waals surface area contributed by atoms with Gasteiger partial charge >= 0.3 is 12.1 Å². The largest absolute Gasteiger partial charge is 0.478 e. The van der Waals surface area contributed by atoms with Gasteiger partial charge in [-0.05, 0) is 30.3 Å². The van der Waals surface area contributed by atoms with Crippen LogP contribution in [0.5, 0.6) is 0 Å². The Bertz CT molecular complexity index is 1180. The second-order valence-corrected chi connectivity index (χ2v) is 6.20. The van der Waals surface area contributed by atoms with Gasteiger partial charge in [-0.2, -0.15) is 13.2 Å². The third kappa shape index (κ3) is 3.12. The van der Waals surface area contributed by atoms with Gasteiger partial charge in [0.2, 0.25) is 0 Å². The first-order valence-electron chi connectivity index (χ1n) is 8.11. The molecule has 0 aliphatic heterocycles. The summed E-state index contributed by atoms with van der Waals surface area (Å²) >= 11 is 0. The summed E-state index contributed by atoms with van der Waals surface area (Å²) in [6.45, 7) is 0.250. The van der Waals surface area contributed by atoms with Crippen molar-refractivity contribution in [1.29, 1.82) is 0 Å². The van der Waals surface area contributed by atoms with Gasteiger partial charge < -0.3 is 9.67 Å². The maximum Gasteiger partial charge on any atom is 0.416 e. The third-order valence-corrected chi connectivity index (χ3v) is 4.41. The van der Waals surface area contributed by atoms with E-state index in [0.717, 1.165) is 17.0 Å². The molecule has 1 N–H and O–H groups in total. The molecule has 2 aromatic heterocycles. The molecule has 27 heavy (non-hydrogen) atoms.